The monoisotopic (exact) mass is 659 g/mol. The summed E-state index contributed by atoms with van der Waals surface area (Å²) >= 11 is 1.20. The molecule has 10 nitrogen and oxygen atoms in total. The fourth-order valence-electron chi connectivity index (χ4n) is 5.51. The van der Waals surface area contributed by atoms with Crippen molar-refractivity contribution in [3.8, 4) is 11.1 Å². The number of hydrogen-bond acceptors (Lipinski definition) is 6. The van der Waals surface area contributed by atoms with Crippen LogP contribution in [0.5, 0.6) is 0 Å². The highest BCUT2D eigenvalue weighted by molar-refractivity contribution is 7.10. The van der Waals surface area contributed by atoms with Crippen molar-refractivity contribution in [3.05, 3.63) is 81.0 Å². The summed E-state index contributed by atoms with van der Waals surface area (Å²) in [6, 6.07) is 9.19. The summed E-state index contributed by atoms with van der Waals surface area (Å²) in [6.45, 7) is -1.17. The first-order chi connectivity index (χ1) is 21.8. The van der Waals surface area contributed by atoms with E-state index in [1.807, 2.05) is 0 Å². The molecule has 2 aromatic carbocycles. The number of hydrogen-bond donors (Lipinski definition) is 3. The molecule has 1 aliphatic heterocycles. The number of rotatable bonds is 8. The van der Waals surface area contributed by atoms with Crippen molar-refractivity contribution in [2.24, 2.45) is 10.7 Å². The van der Waals surface area contributed by atoms with E-state index in [4.69, 9.17) is 5.73 Å². The SMILES string of the molecule is COC(=O)/N=C(/N)c1csc([C@@H](C)NC(=O)[C@@H]2C[C@](F)(CF)CN2C(=O)CNC(=O)c2ccc3c(c2)-c2ccccc2C3(F)F)c1. The third kappa shape index (κ3) is 6.18. The molecule has 1 aromatic heterocycles. The first-order valence-electron chi connectivity index (χ1n) is 14.0. The van der Waals surface area contributed by atoms with Gasteiger partial charge in [-0.3, -0.25) is 14.4 Å². The number of methoxy groups -OCH3 is 1. The molecular formula is C31H29F4N5O5S. The summed E-state index contributed by atoms with van der Waals surface area (Å²) in [5, 5.41) is 6.69. The minimum absolute atomic E-state index is 0.0137. The number of aliphatic imine (C=N–C) groups is 1. The Morgan fingerprint density at radius 2 is 1.80 bits per heavy atom. The number of amides is 4. The first-order valence-corrected chi connectivity index (χ1v) is 14.9. The molecule has 2 aliphatic rings. The standard InChI is InChI=1S/C31H29F4N5O5S/c1-16(24-10-18(13-46-24)26(36)39-29(44)45-2)38-28(43)23-11-30(33,14-32)15-40(23)25(41)12-37-27(42)17-7-8-22-20(9-17)19-5-3-4-6-21(19)31(22,34)35/h3-10,13,16,23H,11-12,14-15H2,1-2H3,(H,37,42)(H,38,43)(H2,36,39,44)/t16-,23+,30+/m1/s1. The number of thiophene rings is 1. The summed E-state index contributed by atoms with van der Waals surface area (Å²) in [6.07, 6.45) is -1.49. The first kappa shape index (κ1) is 32.6. The normalized spacial score (nSPS) is 20.4. The van der Waals surface area contributed by atoms with Gasteiger partial charge in [0.05, 0.1) is 26.2 Å². The molecule has 0 spiro atoms. The van der Waals surface area contributed by atoms with Crippen molar-refractivity contribution >= 4 is 41.0 Å². The Morgan fingerprint density at radius 3 is 2.52 bits per heavy atom. The van der Waals surface area contributed by atoms with Gasteiger partial charge in [0.2, 0.25) is 11.8 Å². The number of carbonyl (C=O) groups excluding carboxylic acids is 4. The van der Waals surface area contributed by atoms with E-state index < -0.39 is 73.7 Å². The van der Waals surface area contributed by atoms with Crippen LogP contribution in [0.15, 0.2) is 58.9 Å². The zero-order valence-corrected chi connectivity index (χ0v) is 25.4. The van der Waals surface area contributed by atoms with Crippen LogP contribution in [0.2, 0.25) is 0 Å². The van der Waals surface area contributed by atoms with Gasteiger partial charge in [-0.05, 0) is 36.2 Å². The van der Waals surface area contributed by atoms with E-state index in [0.717, 1.165) is 18.1 Å². The number of nitrogens with zero attached hydrogens (tertiary/aromatic N) is 2. The molecule has 4 amide bonds. The van der Waals surface area contributed by atoms with Gasteiger partial charge in [-0.25, -0.2) is 13.6 Å². The van der Waals surface area contributed by atoms with E-state index in [1.54, 1.807) is 24.4 Å². The van der Waals surface area contributed by atoms with Gasteiger partial charge in [0.1, 0.15) is 18.6 Å². The molecule has 0 bridgehead atoms. The number of nitrogens with one attached hydrogen (secondary N) is 2. The van der Waals surface area contributed by atoms with Gasteiger partial charge < -0.3 is 26.0 Å². The third-order valence-corrected chi connectivity index (χ3v) is 9.03. The fourth-order valence-corrected chi connectivity index (χ4v) is 6.42. The van der Waals surface area contributed by atoms with Crippen molar-refractivity contribution in [1.29, 1.82) is 0 Å². The quantitative estimate of drug-likeness (QED) is 0.188. The number of amidine groups is 1. The van der Waals surface area contributed by atoms with E-state index >= 15 is 4.39 Å². The topological polar surface area (TPSA) is 143 Å². The molecule has 5 rings (SSSR count). The maximum absolute atomic E-state index is 15.2. The van der Waals surface area contributed by atoms with Crippen LogP contribution in [0, 0.1) is 0 Å². The van der Waals surface area contributed by atoms with Crippen LogP contribution in [-0.4, -0.2) is 73.1 Å². The van der Waals surface area contributed by atoms with Gasteiger partial charge in [0, 0.05) is 38.9 Å². The maximum Gasteiger partial charge on any atom is 0.435 e. The van der Waals surface area contributed by atoms with Crippen LogP contribution in [0.4, 0.5) is 22.4 Å². The molecule has 3 atom stereocenters. The van der Waals surface area contributed by atoms with Crippen molar-refractivity contribution in [2.75, 3.05) is 26.9 Å². The molecule has 4 N–H and O–H groups in total. The largest absolute Gasteiger partial charge is 0.451 e. The number of alkyl halides is 4. The highest BCUT2D eigenvalue weighted by atomic mass is 32.1. The number of carbonyl (C=O) groups is 4. The predicted molar refractivity (Wildman–Crippen MR) is 161 cm³/mol. The van der Waals surface area contributed by atoms with Crippen LogP contribution in [0.25, 0.3) is 11.1 Å². The fraction of sp³-hybridized carbons (Fsp3) is 0.323. The van der Waals surface area contributed by atoms with E-state index in [0.29, 0.717) is 10.4 Å². The lowest BCUT2D eigenvalue weighted by Crippen LogP contribution is -2.49. The molecule has 0 saturated carbocycles. The minimum Gasteiger partial charge on any atom is -0.451 e. The Balaban J connectivity index is 1.25. The van der Waals surface area contributed by atoms with E-state index in [1.165, 1.54) is 41.7 Å². The van der Waals surface area contributed by atoms with E-state index in [2.05, 4.69) is 20.4 Å². The van der Waals surface area contributed by atoms with Crippen LogP contribution in [0.1, 0.15) is 51.3 Å². The molecule has 0 unspecified atom stereocenters. The van der Waals surface area contributed by atoms with Gasteiger partial charge in [-0.2, -0.15) is 13.8 Å². The molecule has 2 heterocycles. The van der Waals surface area contributed by atoms with Crippen molar-refractivity contribution in [3.63, 3.8) is 0 Å². The molecule has 15 heteroatoms. The molecule has 1 saturated heterocycles. The zero-order valence-electron chi connectivity index (χ0n) is 24.6. The van der Waals surface area contributed by atoms with E-state index in [-0.39, 0.29) is 33.7 Å². The number of nitrogens with two attached hydrogens (primary N) is 1. The Morgan fingerprint density at radius 1 is 1.09 bits per heavy atom. The predicted octanol–water partition coefficient (Wildman–Crippen LogP) is 4.23. The highest BCUT2D eigenvalue weighted by Crippen LogP contribution is 2.51. The second-order valence-electron chi connectivity index (χ2n) is 11.0. The van der Waals surface area contributed by atoms with Gasteiger partial charge >= 0.3 is 6.09 Å². The summed E-state index contributed by atoms with van der Waals surface area (Å²) < 4.78 is 63.0. The number of ether oxygens (including phenoxy) is 1. The molecule has 1 aliphatic carbocycles. The average Bonchev–Trinajstić information content (AvgIpc) is 3.74. The summed E-state index contributed by atoms with van der Waals surface area (Å²) in [5.74, 6) is -5.66. The Kier molecular flexibility index (Phi) is 8.89. The summed E-state index contributed by atoms with van der Waals surface area (Å²) in [4.78, 5) is 55.8. The number of likely N-dealkylation sites (tertiary alicyclic amines) is 1. The maximum atomic E-state index is 15.2. The van der Waals surface area contributed by atoms with Crippen LogP contribution in [-0.2, 0) is 20.2 Å². The minimum atomic E-state index is -3.23. The zero-order chi connectivity index (χ0) is 33.4. The Bertz CT molecular complexity index is 1750. The molecule has 1 fully saturated rings. The molecule has 0 radical (unpaired) electrons. The second kappa shape index (κ2) is 12.5. The lowest BCUT2D eigenvalue weighted by Gasteiger charge is -2.25. The molecule has 46 heavy (non-hydrogen) atoms. The summed E-state index contributed by atoms with van der Waals surface area (Å²) in [5.41, 5.74) is 3.80. The number of fused-ring (bicyclic) bond motifs is 3. The van der Waals surface area contributed by atoms with Crippen molar-refractivity contribution in [1.82, 2.24) is 15.5 Å². The number of halogens is 4. The number of benzene rings is 2. The van der Waals surface area contributed by atoms with Gasteiger partial charge in [0.25, 0.3) is 11.8 Å². The Hall–Kier alpha value is -4.79. The molecule has 242 valence electrons. The third-order valence-electron chi connectivity index (χ3n) is 7.91. The smallest absolute Gasteiger partial charge is 0.435 e. The Labute approximate surface area is 264 Å². The van der Waals surface area contributed by atoms with E-state index in [9.17, 15) is 32.3 Å². The summed E-state index contributed by atoms with van der Waals surface area (Å²) in [7, 11) is 1.15. The van der Waals surface area contributed by atoms with Crippen LogP contribution >= 0.6 is 11.3 Å². The van der Waals surface area contributed by atoms with Crippen LogP contribution < -0.4 is 16.4 Å². The molecular weight excluding hydrogens is 630 g/mol. The van der Waals surface area contributed by atoms with Gasteiger partial charge in [0.15, 0.2) is 5.67 Å². The lowest BCUT2D eigenvalue weighted by atomic mass is 10.0. The van der Waals surface area contributed by atoms with Crippen LogP contribution in [0.3, 0.4) is 0 Å². The second-order valence-corrected chi connectivity index (χ2v) is 12.0. The van der Waals surface area contributed by atoms with Gasteiger partial charge in [-0.1, -0.05) is 30.3 Å². The van der Waals surface area contributed by atoms with Crippen molar-refractivity contribution < 1.29 is 41.5 Å². The highest BCUT2D eigenvalue weighted by Gasteiger charge is 2.50. The average molecular weight is 660 g/mol. The lowest BCUT2D eigenvalue weighted by molar-refractivity contribution is -0.138. The van der Waals surface area contributed by atoms with Gasteiger partial charge in [-0.15, -0.1) is 11.3 Å². The van der Waals surface area contributed by atoms with Crippen molar-refractivity contribution in [2.45, 2.75) is 37.0 Å². The molecule has 3 aromatic rings.